The molecule has 7 atom stereocenters. The van der Waals surface area contributed by atoms with Gasteiger partial charge in [0.05, 0.1) is 6.10 Å². The number of thioether (sulfide) groups is 1. The number of carbonyl (C=O) groups excluding carboxylic acids is 6. The Bertz CT molecular complexity index is 1210. The molecule has 1 saturated carbocycles. The van der Waals surface area contributed by atoms with Crippen LogP contribution in [0.1, 0.15) is 111 Å². The Labute approximate surface area is 313 Å². The van der Waals surface area contributed by atoms with Crippen LogP contribution in [0.25, 0.3) is 0 Å². The van der Waals surface area contributed by atoms with E-state index in [-0.39, 0.29) is 11.8 Å². The quantitative estimate of drug-likeness (QED) is 0.120. The molecular weight excluding hydrogens is 689 g/mol. The summed E-state index contributed by atoms with van der Waals surface area (Å²) in [6.45, 7) is 7.94. The maximum absolute atomic E-state index is 14.1. The predicted octanol–water partition coefficient (Wildman–Crippen LogP) is 1.46. The first-order valence-corrected chi connectivity index (χ1v) is 20.8. The Hall–Kier alpha value is -2.91. The second-order valence-corrected chi connectivity index (χ2v) is 16.1. The van der Waals surface area contributed by atoms with Gasteiger partial charge < -0.3 is 41.3 Å². The number of aliphatic hydroxyl groups is 2. The second kappa shape index (κ2) is 21.7. The Morgan fingerprint density at radius 2 is 1.33 bits per heavy atom. The third-order valence-corrected chi connectivity index (χ3v) is 11.2. The first kappa shape index (κ1) is 43.5. The number of rotatable bonds is 18. The lowest BCUT2D eigenvalue weighted by Gasteiger charge is -2.39. The summed E-state index contributed by atoms with van der Waals surface area (Å²) in [5.41, 5.74) is 0. The largest absolute Gasteiger partial charge is 0.391 e. The van der Waals surface area contributed by atoms with E-state index in [9.17, 15) is 39.0 Å². The molecule has 0 aromatic rings. The summed E-state index contributed by atoms with van der Waals surface area (Å²) in [6, 6.07) is -4.81. The van der Waals surface area contributed by atoms with Crippen LogP contribution in [0.15, 0.2) is 0 Å². The molecule has 0 spiro atoms. The molecule has 0 unspecified atom stereocenters. The minimum Gasteiger partial charge on any atom is -0.391 e. The smallest absolute Gasteiger partial charge is 0.249 e. The summed E-state index contributed by atoms with van der Waals surface area (Å²) >= 11 is 1.51. The van der Waals surface area contributed by atoms with Gasteiger partial charge in [-0.1, -0.05) is 52.9 Å². The molecule has 3 aliphatic rings. The summed E-state index contributed by atoms with van der Waals surface area (Å²) in [5.74, 6) is -2.39. The van der Waals surface area contributed by atoms with Crippen LogP contribution in [0.2, 0.25) is 0 Å². The van der Waals surface area contributed by atoms with E-state index in [1.54, 1.807) is 0 Å². The summed E-state index contributed by atoms with van der Waals surface area (Å²) < 4.78 is 0. The molecule has 0 aromatic heterocycles. The zero-order valence-corrected chi connectivity index (χ0v) is 32.7. The molecule has 15 heteroatoms. The molecule has 2 aliphatic heterocycles. The van der Waals surface area contributed by atoms with Gasteiger partial charge in [-0.05, 0) is 82.1 Å². The maximum atomic E-state index is 14.1. The number of aliphatic hydroxyl groups excluding tert-OH is 2. The number of nitrogens with one attached hydrogen (secondary N) is 4. The van der Waals surface area contributed by atoms with Gasteiger partial charge in [0.25, 0.3) is 0 Å². The van der Waals surface area contributed by atoms with Gasteiger partial charge in [0, 0.05) is 19.6 Å². The standard InChI is InChI=1S/C37H64N6O8S/c1-6-18-38-35(49)31(24(4)44)41-33(47)28-16-12-20-42(28)36(50)26(17-21-52-5)39-32(46)27-15-10-11-19-43(27)37(51)30(23(2)3)40-34(48)29(45)22-25-13-8-7-9-14-25/h23-31,44-45H,6-22H2,1-5H3,(H,38,49)(H,39,46)(H,40,48)(H,41,47)/t24-,26+,27+,28+,29+,30+,31+/m1/s1. The fourth-order valence-corrected chi connectivity index (χ4v) is 8.00. The van der Waals surface area contributed by atoms with Crippen molar-refractivity contribution in [2.75, 3.05) is 31.6 Å². The van der Waals surface area contributed by atoms with Crippen molar-refractivity contribution in [2.45, 2.75) is 154 Å². The molecule has 6 amide bonds. The van der Waals surface area contributed by atoms with Crippen molar-refractivity contribution in [2.24, 2.45) is 11.8 Å². The highest BCUT2D eigenvalue weighted by molar-refractivity contribution is 7.98. The lowest BCUT2D eigenvalue weighted by atomic mass is 9.85. The molecule has 52 heavy (non-hydrogen) atoms. The van der Waals surface area contributed by atoms with E-state index in [0.29, 0.717) is 76.8 Å². The van der Waals surface area contributed by atoms with E-state index < -0.39 is 77.9 Å². The molecule has 6 N–H and O–H groups in total. The molecule has 14 nitrogen and oxygen atoms in total. The van der Waals surface area contributed by atoms with Crippen LogP contribution in [0.5, 0.6) is 0 Å². The maximum Gasteiger partial charge on any atom is 0.249 e. The molecule has 0 bridgehead atoms. The van der Waals surface area contributed by atoms with Gasteiger partial charge in [-0.25, -0.2) is 0 Å². The normalized spacial score (nSPS) is 22.5. The van der Waals surface area contributed by atoms with E-state index in [4.69, 9.17) is 0 Å². The Morgan fingerprint density at radius 3 is 1.94 bits per heavy atom. The Kier molecular flexibility index (Phi) is 18.2. The Morgan fingerprint density at radius 1 is 0.731 bits per heavy atom. The van der Waals surface area contributed by atoms with Gasteiger partial charge in [-0.2, -0.15) is 11.8 Å². The van der Waals surface area contributed by atoms with E-state index >= 15 is 0 Å². The van der Waals surface area contributed by atoms with Gasteiger partial charge in [-0.15, -0.1) is 0 Å². The lowest BCUT2D eigenvalue weighted by Crippen LogP contribution is -2.62. The van der Waals surface area contributed by atoms with Gasteiger partial charge in [0.1, 0.15) is 36.3 Å². The molecule has 2 heterocycles. The van der Waals surface area contributed by atoms with Crippen LogP contribution < -0.4 is 21.3 Å². The topological polar surface area (TPSA) is 197 Å². The minimum absolute atomic E-state index is 0.281. The van der Waals surface area contributed by atoms with Gasteiger partial charge >= 0.3 is 0 Å². The molecule has 3 fully saturated rings. The van der Waals surface area contributed by atoms with Crippen molar-refractivity contribution in [3.05, 3.63) is 0 Å². The van der Waals surface area contributed by atoms with Crippen molar-refractivity contribution in [3.63, 3.8) is 0 Å². The zero-order chi connectivity index (χ0) is 38.4. The minimum atomic E-state index is -1.21. The summed E-state index contributed by atoms with van der Waals surface area (Å²) in [6.07, 6.45) is 8.87. The Balaban J connectivity index is 1.72. The van der Waals surface area contributed by atoms with Crippen LogP contribution in [-0.4, -0.2) is 130 Å². The summed E-state index contributed by atoms with van der Waals surface area (Å²) in [4.78, 5) is 84.2. The molecule has 3 rings (SSSR count). The van der Waals surface area contributed by atoms with Crippen LogP contribution in [0, 0.1) is 11.8 Å². The SMILES string of the molecule is CCCNC(=O)[C@@H](NC(=O)[C@@H]1CCCN1C(=O)[C@H](CCSC)NC(=O)[C@@H]1CCCCN1C(=O)[C@@H](NC(=O)[C@@H](O)CC1CCCCC1)C(C)C)[C@@H](C)O. The third-order valence-electron chi connectivity index (χ3n) is 10.6. The van der Waals surface area contributed by atoms with Crippen LogP contribution in [-0.2, 0) is 28.8 Å². The van der Waals surface area contributed by atoms with Crippen molar-refractivity contribution in [3.8, 4) is 0 Å². The fraction of sp³-hybridized carbons (Fsp3) is 0.838. The van der Waals surface area contributed by atoms with Crippen LogP contribution >= 0.6 is 11.8 Å². The number of nitrogens with zero attached hydrogens (tertiary/aromatic N) is 2. The fourth-order valence-electron chi connectivity index (χ4n) is 7.53. The summed E-state index contributed by atoms with van der Waals surface area (Å²) in [7, 11) is 0. The highest BCUT2D eigenvalue weighted by Gasteiger charge is 2.42. The predicted molar refractivity (Wildman–Crippen MR) is 200 cm³/mol. The van der Waals surface area contributed by atoms with Crippen molar-refractivity contribution < 1.29 is 39.0 Å². The monoisotopic (exact) mass is 752 g/mol. The second-order valence-electron chi connectivity index (χ2n) is 15.1. The van der Waals surface area contributed by atoms with E-state index in [0.717, 1.165) is 25.7 Å². The van der Waals surface area contributed by atoms with Crippen LogP contribution in [0.3, 0.4) is 0 Å². The molecular formula is C37H64N6O8S. The van der Waals surface area contributed by atoms with Crippen molar-refractivity contribution >= 4 is 47.2 Å². The third kappa shape index (κ3) is 12.3. The first-order chi connectivity index (χ1) is 24.8. The average Bonchev–Trinajstić information content (AvgIpc) is 3.63. The molecule has 296 valence electrons. The highest BCUT2D eigenvalue weighted by Crippen LogP contribution is 2.28. The molecule has 2 saturated heterocycles. The number of hydrogen-bond donors (Lipinski definition) is 6. The highest BCUT2D eigenvalue weighted by atomic mass is 32.2. The van der Waals surface area contributed by atoms with Crippen LogP contribution in [0.4, 0.5) is 0 Å². The van der Waals surface area contributed by atoms with E-state index in [1.807, 2.05) is 27.0 Å². The van der Waals surface area contributed by atoms with E-state index in [2.05, 4.69) is 21.3 Å². The number of likely N-dealkylation sites (tertiary alicyclic amines) is 2. The number of piperidine rings is 1. The van der Waals surface area contributed by atoms with Gasteiger partial charge in [-0.3, -0.25) is 28.8 Å². The number of carbonyl (C=O) groups is 6. The van der Waals surface area contributed by atoms with Gasteiger partial charge in [0.2, 0.25) is 35.4 Å². The van der Waals surface area contributed by atoms with Crippen molar-refractivity contribution in [1.82, 2.24) is 31.1 Å². The van der Waals surface area contributed by atoms with E-state index in [1.165, 1.54) is 34.9 Å². The van der Waals surface area contributed by atoms with Gasteiger partial charge in [0.15, 0.2) is 0 Å². The molecule has 1 aliphatic carbocycles. The number of hydrogen-bond acceptors (Lipinski definition) is 9. The average molecular weight is 753 g/mol. The summed E-state index contributed by atoms with van der Waals surface area (Å²) in [5, 5.41) is 32.0. The number of amides is 6. The van der Waals surface area contributed by atoms with Crippen molar-refractivity contribution in [1.29, 1.82) is 0 Å². The first-order valence-electron chi connectivity index (χ1n) is 19.4. The molecule has 0 radical (unpaired) electrons. The molecule has 0 aromatic carbocycles. The zero-order valence-electron chi connectivity index (χ0n) is 31.9. The lowest BCUT2D eigenvalue weighted by molar-refractivity contribution is -0.148.